The number of nitrogens with zero attached hydrogens (tertiary/aromatic N) is 2. The fourth-order valence-corrected chi connectivity index (χ4v) is 7.48. The van der Waals surface area contributed by atoms with Gasteiger partial charge in [-0.25, -0.2) is 8.78 Å². The van der Waals surface area contributed by atoms with Crippen molar-refractivity contribution in [3.05, 3.63) is 131 Å². The van der Waals surface area contributed by atoms with Gasteiger partial charge in [-0.2, -0.15) is 0 Å². The van der Waals surface area contributed by atoms with Crippen LogP contribution in [0, 0.1) is 24.7 Å². The molecule has 0 aliphatic carbocycles. The third-order valence-corrected chi connectivity index (χ3v) is 9.94. The third-order valence-electron chi connectivity index (χ3n) is 9.94. The van der Waals surface area contributed by atoms with Crippen LogP contribution in [0.2, 0.25) is 0 Å². The van der Waals surface area contributed by atoms with Crippen LogP contribution in [0.15, 0.2) is 97.1 Å². The van der Waals surface area contributed by atoms with Crippen molar-refractivity contribution in [3.63, 3.8) is 0 Å². The number of rotatable bonds is 14. The lowest BCUT2D eigenvalue weighted by molar-refractivity contribution is -0.122. The number of carbonyl (C=O) groups excluding carboxylic acids is 1. The molecule has 2 N–H and O–H groups in total. The highest BCUT2D eigenvalue weighted by Crippen LogP contribution is 2.43. The summed E-state index contributed by atoms with van der Waals surface area (Å²) in [7, 11) is 0. The van der Waals surface area contributed by atoms with Crippen molar-refractivity contribution in [2.45, 2.75) is 65.2 Å². The summed E-state index contributed by atoms with van der Waals surface area (Å²) in [6, 6.07) is 30.4. The number of aryl methyl sites for hydroxylation is 2. The second-order valence-electron chi connectivity index (χ2n) is 13.4. The van der Waals surface area contributed by atoms with E-state index in [1.54, 1.807) is 13.8 Å². The quantitative estimate of drug-likeness (QED) is 0.111. The molecule has 2 aromatic heterocycles. The van der Waals surface area contributed by atoms with Crippen LogP contribution in [-0.4, -0.2) is 40.5 Å². The maximum atomic E-state index is 15.7. The SMILES string of the molecule is CCCC(=N)c1ccc2nc(C)c(C(CF)C(=O)C(CF)c3c(C)nc4ccc(C(=N)CCC)cc4c3-c3ccccc3)c(-c3ccccc3)c2c1. The van der Waals surface area contributed by atoms with E-state index < -0.39 is 31.0 Å². The van der Waals surface area contributed by atoms with Gasteiger partial charge >= 0.3 is 0 Å². The summed E-state index contributed by atoms with van der Waals surface area (Å²) < 4.78 is 31.5. The Balaban J connectivity index is 1.60. The first kappa shape index (κ1) is 36.4. The molecule has 6 aromatic rings. The summed E-state index contributed by atoms with van der Waals surface area (Å²) in [5.74, 6) is -3.23. The van der Waals surface area contributed by atoms with Gasteiger partial charge in [0.15, 0.2) is 5.78 Å². The predicted molar refractivity (Wildman–Crippen MR) is 210 cm³/mol. The van der Waals surface area contributed by atoms with E-state index in [2.05, 4.69) is 0 Å². The molecule has 52 heavy (non-hydrogen) atoms. The van der Waals surface area contributed by atoms with Crippen molar-refractivity contribution in [2.75, 3.05) is 13.3 Å². The smallest absolute Gasteiger partial charge is 0.153 e. The number of aromatic nitrogens is 2. The Morgan fingerprint density at radius 3 is 1.35 bits per heavy atom. The molecule has 0 spiro atoms. The molecule has 2 atom stereocenters. The Kier molecular flexibility index (Phi) is 11.1. The molecule has 2 heterocycles. The van der Waals surface area contributed by atoms with Crippen molar-refractivity contribution in [1.82, 2.24) is 9.97 Å². The second kappa shape index (κ2) is 15.9. The molecular weight excluding hydrogens is 651 g/mol. The topological polar surface area (TPSA) is 90.6 Å². The molecule has 4 aromatic carbocycles. The molecule has 0 aliphatic heterocycles. The maximum Gasteiger partial charge on any atom is 0.153 e. The second-order valence-corrected chi connectivity index (χ2v) is 13.4. The summed E-state index contributed by atoms with van der Waals surface area (Å²) in [6.07, 6.45) is 2.84. The molecule has 0 radical (unpaired) electrons. The number of hydrogen-bond acceptors (Lipinski definition) is 5. The van der Waals surface area contributed by atoms with Crippen LogP contribution in [0.3, 0.4) is 0 Å². The normalized spacial score (nSPS) is 12.6. The Hall–Kier alpha value is -5.43. The highest BCUT2D eigenvalue weighted by Gasteiger charge is 2.36. The lowest BCUT2D eigenvalue weighted by atomic mass is 9.77. The minimum atomic E-state index is -1.32. The van der Waals surface area contributed by atoms with Gasteiger partial charge in [0.2, 0.25) is 0 Å². The van der Waals surface area contributed by atoms with Gasteiger partial charge in [-0.1, -0.05) is 99.5 Å². The van der Waals surface area contributed by atoms with E-state index in [1.807, 2.05) is 111 Å². The molecule has 0 amide bonds. The van der Waals surface area contributed by atoms with Gasteiger partial charge in [0.1, 0.15) is 13.3 Å². The number of benzene rings is 4. The van der Waals surface area contributed by atoms with Gasteiger partial charge in [-0.15, -0.1) is 0 Å². The highest BCUT2D eigenvalue weighted by molar-refractivity contribution is 6.08. The lowest BCUT2D eigenvalue weighted by Crippen LogP contribution is -2.26. The van der Waals surface area contributed by atoms with E-state index in [0.717, 1.165) is 35.1 Å². The van der Waals surface area contributed by atoms with E-state index in [9.17, 15) is 4.79 Å². The summed E-state index contributed by atoms with van der Waals surface area (Å²) in [4.78, 5) is 24.7. The molecule has 6 rings (SSSR count). The van der Waals surface area contributed by atoms with Gasteiger partial charge in [-0.3, -0.25) is 14.8 Å². The highest BCUT2D eigenvalue weighted by atomic mass is 19.1. The number of halogens is 2. The third kappa shape index (κ3) is 6.92. The van der Waals surface area contributed by atoms with Crippen molar-refractivity contribution in [3.8, 4) is 22.3 Å². The summed E-state index contributed by atoms with van der Waals surface area (Å²) >= 11 is 0. The molecule has 2 unspecified atom stereocenters. The fourth-order valence-electron chi connectivity index (χ4n) is 7.48. The zero-order valence-electron chi connectivity index (χ0n) is 30.2. The maximum absolute atomic E-state index is 15.7. The summed E-state index contributed by atoms with van der Waals surface area (Å²) in [5.41, 5.74) is 8.53. The fraction of sp³-hybridized carbons (Fsp3) is 0.267. The summed E-state index contributed by atoms with van der Waals surface area (Å²) in [5, 5.41) is 18.8. The van der Waals surface area contributed by atoms with Crippen LogP contribution in [0.1, 0.15) is 85.0 Å². The Labute approximate surface area is 304 Å². The van der Waals surface area contributed by atoms with E-state index in [4.69, 9.17) is 20.8 Å². The number of alkyl halides is 2. The lowest BCUT2D eigenvalue weighted by Gasteiger charge is -2.27. The van der Waals surface area contributed by atoms with E-state index >= 15 is 8.78 Å². The van der Waals surface area contributed by atoms with Gasteiger partial charge in [-0.05, 0) is 95.5 Å². The number of ketones is 1. The van der Waals surface area contributed by atoms with Crippen LogP contribution >= 0.6 is 0 Å². The number of hydrogen-bond donors (Lipinski definition) is 2. The standard InChI is InChI=1S/C45H44F2N4O/c1-5-13-37(48)31-19-21-39-33(23-31)43(29-15-9-7-10-16-29)41(27(3)50-39)35(25-46)45(52)36(26-47)42-28(4)51-40-22-20-32(38(49)14-6-2)24-34(40)44(42)30-17-11-8-12-18-30/h7-12,15-24,35-36,48-49H,5-6,13-14,25-26H2,1-4H3. The van der Waals surface area contributed by atoms with Crippen LogP contribution in [0.5, 0.6) is 0 Å². The number of Topliss-reactive ketones (excluding diaryl/α,β-unsaturated/α-hetero) is 1. The molecule has 0 fully saturated rings. The number of nitrogens with one attached hydrogen (secondary N) is 2. The molecule has 5 nitrogen and oxygen atoms in total. The number of carbonyl (C=O) groups is 1. The van der Waals surface area contributed by atoms with Gasteiger partial charge < -0.3 is 10.8 Å². The van der Waals surface area contributed by atoms with Crippen LogP contribution in [0.25, 0.3) is 44.1 Å². The van der Waals surface area contributed by atoms with Crippen molar-refractivity contribution < 1.29 is 13.6 Å². The van der Waals surface area contributed by atoms with Crippen LogP contribution in [-0.2, 0) is 4.79 Å². The van der Waals surface area contributed by atoms with Crippen LogP contribution in [0.4, 0.5) is 8.78 Å². The molecular formula is C45H44F2N4O. The monoisotopic (exact) mass is 694 g/mol. The largest absolute Gasteiger partial charge is 0.305 e. The van der Waals surface area contributed by atoms with Crippen LogP contribution < -0.4 is 0 Å². The van der Waals surface area contributed by atoms with Crippen molar-refractivity contribution in [2.24, 2.45) is 0 Å². The summed E-state index contributed by atoms with van der Waals surface area (Å²) in [6.45, 7) is 5.51. The van der Waals surface area contributed by atoms with Gasteiger partial charge in [0.05, 0.1) is 22.9 Å². The number of pyridine rings is 2. The molecule has 0 saturated carbocycles. The average Bonchev–Trinajstić information content (AvgIpc) is 3.16. The minimum Gasteiger partial charge on any atom is -0.305 e. The minimum absolute atomic E-state index is 0.423. The zero-order chi connectivity index (χ0) is 36.9. The molecule has 0 saturated heterocycles. The first-order valence-electron chi connectivity index (χ1n) is 18.0. The van der Waals surface area contributed by atoms with E-state index in [-0.39, 0.29) is 0 Å². The molecule has 0 bridgehead atoms. The van der Waals surface area contributed by atoms with E-state index in [1.165, 1.54) is 0 Å². The first-order valence-corrected chi connectivity index (χ1v) is 18.0. The van der Waals surface area contributed by atoms with Crippen molar-refractivity contribution >= 4 is 39.0 Å². The van der Waals surface area contributed by atoms with E-state index in [0.29, 0.717) is 79.7 Å². The number of fused-ring (bicyclic) bond motifs is 2. The van der Waals surface area contributed by atoms with Gasteiger partial charge in [0, 0.05) is 33.6 Å². The Bertz CT molecular complexity index is 2120. The molecule has 7 heteroatoms. The van der Waals surface area contributed by atoms with Gasteiger partial charge in [0.25, 0.3) is 0 Å². The van der Waals surface area contributed by atoms with Crippen molar-refractivity contribution in [1.29, 1.82) is 10.8 Å². The first-order chi connectivity index (χ1) is 25.2. The zero-order valence-corrected chi connectivity index (χ0v) is 30.2. The Morgan fingerprint density at radius 2 is 1.00 bits per heavy atom. The Morgan fingerprint density at radius 1 is 0.615 bits per heavy atom. The molecule has 0 aliphatic rings. The molecule has 264 valence electrons. The average molecular weight is 695 g/mol. The predicted octanol–water partition coefficient (Wildman–Crippen LogP) is 11.4.